The molecule has 0 radical (unpaired) electrons. The Morgan fingerprint density at radius 1 is 1.45 bits per heavy atom. The predicted molar refractivity (Wildman–Crippen MR) is 86.2 cm³/mol. The molecule has 6 heteroatoms. The molecule has 2 aliphatic rings. The first-order valence-electron chi connectivity index (χ1n) is 8.22. The molecule has 2 unspecified atom stereocenters. The molecule has 120 valence electrons. The number of nitrogens with zero attached hydrogens (tertiary/aromatic N) is 2. The van der Waals surface area contributed by atoms with Crippen molar-refractivity contribution in [3.63, 3.8) is 0 Å². The van der Waals surface area contributed by atoms with E-state index in [0.717, 1.165) is 31.9 Å². The van der Waals surface area contributed by atoms with Gasteiger partial charge < -0.3 is 10.2 Å². The summed E-state index contributed by atoms with van der Waals surface area (Å²) in [5, 5.41) is 2.90. The normalized spacial score (nSPS) is 26.0. The maximum Gasteiger partial charge on any atom is 0.225 e. The zero-order chi connectivity index (χ0) is 15.2. The van der Waals surface area contributed by atoms with Crippen molar-refractivity contribution in [2.45, 2.75) is 31.7 Å². The summed E-state index contributed by atoms with van der Waals surface area (Å²) in [5.41, 5.74) is 7.37. The van der Waals surface area contributed by atoms with Crippen LogP contribution in [0.1, 0.15) is 25.7 Å². The molecular weight excluding hydrogens is 278 g/mol. The minimum atomic E-state index is 0.0655. The fraction of sp³-hybridized carbons (Fsp3) is 0.625. The van der Waals surface area contributed by atoms with Crippen molar-refractivity contribution >= 4 is 11.6 Å². The van der Waals surface area contributed by atoms with Gasteiger partial charge in [0.1, 0.15) is 0 Å². The number of hydrogen-bond donors (Lipinski definition) is 3. The van der Waals surface area contributed by atoms with Crippen LogP contribution in [-0.4, -0.2) is 48.0 Å². The van der Waals surface area contributed by atoms with Gasteiger partial charge in [-0.3, -0.25) is 20.6 Å². The molecule has 3 heterocycles. The SMILES string of the molecule is O=C(CCN1CCCC(C2CCNN2)C1)Nc1cccnc1. The second-order valence-electron chi connectivity index (χ2n) is 6.21. The van der Waals surface area contributed by atoms with Crippen molar-refractivity contribution in [2.75, 3.05) is 31.5 Å². The summed E-state index contributed by atoms with van der Waals surface area (Å²) < 4.78 is 0. The highest BCUT2D eigenvalue weighted by atomic mass is 16.1. The van der Waals surface area contributed by atoms with E-state index in [4.69, 9.17) is 0 Å². The van der Waals surface area contributed by atoms with E-state index >= 15 is 0 Å². The van der Waals surface area contributed by atoms with Gasteiger partial charge in [-0.05, 0) is 43.9 Å². The molecule has 2 saturated heterocycles. The summed E-state index contributed by atoms with van der Waals surface area (Å²) in [6.07, 6.45) is 7.64. The number of piperidine rings is 1. The second kappa shape index (κ2) is 7.67. The third-order valence-electron chi connectivity index (χ3n) is 4.58. The molecule has 1 aromatic rings. The molecule has 1 aromatic heterocycles. The third-order valence-corrected chi connectivity index (χ3v) is 4.58. The molecule has 0 saturated carbocycles. The number of pyridine rings is 1. The van der Waals surface area contributed by atoms with Gasteiger partial charge in [-0.2, -0.15) is 0 Å². The van der Waals surface area contributed by atoms with Gasteiger partial charge in [0.2, 0.25) is 5.91 Å². The monoisotopic (exact) mass is 303 g/mol. The lowest BCUT2D eigenvalue weighted by Crippen LogP contribution is -2.45. The summed E-state index contributed by atoms with van der Waals surface area (Å²) in [6, 6.07) is 4.28. The molecular formula is C16H25N5O. The number of anilines is 1. The molecule has 0 aliphatic carbocycles. The second-order valence-corrected chi connectivity index (χ2v) is 6.21. The molecule has 3 rings (SSSR count). The molecule has 0 spiro atoms. The smallest absolute Gasteiger partial charge is 0.225 e. The summed E-state index contributed by atoms with van der Waals surface area (Å²) in [5.74, 6) is 0.765. The van der Waals surface area contributed by atoms with Crippen LogP contribution in [0.15, 0.2) is 24.5 Å². The molecule has 2 aliphatic heterocycles. The predicted octanol–water partition coefficient (Wildman–Crippen LogP) is 0.989. The number of rotatable bonds is 5. The lowest BCUT2D eigenvalue weighted by molar-refractivity contribution is -0.116. The van der Waals surface area contributed by atoms with Crippen LogP contribution in [0.3, 0.4) is 0 Å². The van der Waals surface area contributed by atoms with E-state index in [1.165, 1.54) is 19.3 Å². The van der Waals surface area contributed by atoms with Crippen LogP contribution in [-0.2, 0) is 4.79 Å². The minimum absolute atomic E-state index is 0.0655. The van der Waals surface area contributed by atoms with Crippen LogP contribution >= 0.6 is 0 Å². The van der Waals surface area contributed by atoms with Gasteiger partial charge in [0, 0.05) is 38.3 Å². The van der Waals surface area contributed by atoms with Crippen molar-refractivity contribution < 1.29 is 4.79 Å². The molecule has 6 nitrogen and oxygen atoms in total. The Bertz CT molecular complexity index is 475. The van der Waals surface area contributed by atoms with Crippen LogP contribution in [0.4, 0.5) is 5.69 Å². The Morgan fingerprint density at radius 2 is 2.41 bits per heavy atom. The summed E-state index contributed by atoms with van der Waals surface area (Å²) in [6.45, 7) is 4.10. The molecule has 1 amide bonds. The first-order chi connectivity index (χ1) is 10.8. The van der Waals surface area contributed by atoms with Crippen molar-refractivity contribution in [2.24, 2.45) is 5.92 Å². The summed E-state index contributed by atoms with van der Waals surface area (Å²) >= 11 is 0. The molecule has 3 N–H and O–H groups in total. The zero-order valence-corrected chi connectivity index (χ0v) is 12.9. The Kier molecular flexibility index (Phi) is 5.37. The van der Waals surface area contributed by atoms with Crippen molar-refractivity contribution in [3.8, 4) is 0 Å². The van der Waals surface area contributed by atoms with Gasteiger partial charge in [0.15, 0.2) is 0 Å². The average Bonchev–Trinajstić information content (AvgIpc) is 3.09. The quantitative estimate of drug-likeness (QED) is 0.757. The van der Waals surface area contributed by atoms with Gasteiger partial charge >= 0.3 is 0 Å². The van der Waals surface area contributed by atoms with Crippen molar-refractivity contribution in [1.29, 1.82) is 0 Å². The van der Waals surface area contributed by atoms with Crippen LogP contribution < -0.4 is 16.2 Å². The maximum atomic E-state index is 12.0. The molecule has 2 fully saturated rings. The van der Waals surface area contributed by atoms with Crippen LogP contribution in [0.25, 0.3) is 0 Å². The minimum Gasteiger partial charge on any atom is -0.325 e. The van der Waals surface area contributed by atoms with E-state index in [9.17, 15) is 4.79 Å². The Balaban J connectivity index is 1.41. The van der Waals surface area contributed by atoms with Gasteiger partial charge in [0.05, 0.1) is 11.9 Å². The Morgan fingerprint density at radius 3 is 3.18 bits per heavy atom. The number of nitrogens with one attached hydrogen (secondary N) is 3. The van der Waals surface area contributed by atoms with Crippen LogP contribution in [0, 0.1) is 5.92 Å². The van der Waals surface area contributed by atoms with Gasteiger partial charge in [-0.25, -0.2) is 0 Å². The lowest BCUT2D eigenvalue weighted by Gasteiger charge is -2.35. The molecule has 2 atom stereocenters. The van der Waals surface area contributed by atoms with E-state index < -0.39 is 0 Å². The highest BCUT2D eigenvalue weighted by Gasteiger charge is 2.29. The Labute approximate surface area is 131 Å². The van der Waals surface area contributed by atoms with Gasteiger partial charge in [-0.15, -0.1) is 0 Å². The number of hydrazine groups is 1. The number of amides is 1. The van der Waals surface area contributed by atoms with Gasteiger partial charge in [0.25, 0.3) is 0 Å². The van der Waals surface area contributed by atoms with E-state index in [1.54, 1.807) is 12.4 Å². The van der Waals surface area contributed by atoms with Crippen LogP contribution in [0.2, 0.25) is 0 Å². The number of carbonyl (C=O) groups is 1. The van der Waals surface area contributed by atoms with Gasteiger partial charge in [-0.1, -0.05) is 0 Å². The third kappa shape index (κ3) is 4.25. The molecule has 22 heavy (non-hydrogen) atoms. The number of likely N-dealkylation sites (tertiary alicyclic amines) is 1. The standard InChI is InChI=1S/C16H25N5O/c22-16(19-14-4-1-7-17-11-14)6-10-21-9-2-3-13(12-21)15-5-8-18-20-15/h1,4,7,11,13,15,18,20H,2-3,5-6,8-10,12H2,(H,19,22). The molecule has 0 aromatic carbocycles. The van der Waals surface area contributed by atoms with Crippen molar-refractivity contribution in [3.05, 3.63) is 24.5 Å². The van der Waals surface area contributed by atoms with Crippen molar-refractivity contribution in [1.82, 2.24) is 20.7 Å². The Hall–Kier alpha value is -1.50. The van der Waals surface area contributed by atoms with E-state index in [0.29, 0.717) is 18.4 Å². The van der Waals surface area contributed by atoms with E-state index in [1.807, 2.05) is 12.1 Å². The fourth-order valence-electron chi connectivity index (χ4n) is 3.40. The largest absolute Gasteiger partial charge is 0.325 e. The fourth-order valence-corrected chi connectivity index (χ4v) is 3.40. The number of carbonyl (C=O) groups excluding carboxylic acids is 1. The average molecular weight is 303 g/mol. The van der Waals surface area contributed by atoms with Crippen LogP contribution in [0.5, 0.6) is 0 Å². The highest BCUT2D eigenvalue weighted by Crippen LogP contribution is 2.22. The summed E-state index contributed by atoms with van der Waals surface area (Å²) in [7, 11) is 0. The first kappa shape index (κ1) is 15.4. The summed E-state index contributed by atoms with van der Waals surface area (Å²) in [4.78, 5) is 18.4. The molecule has 0 bridgehead atoms. The van der Waals surface area contributed by atoms with E-state index in [2.05, 4.69) is 26.1 Å². The maximum absolute atomic E-state index is 12.0. The van der Waals surface area contributed by atoms with E-state index in [-0.39, 0.29) is 5.91 Å². The number of aromatic nitrogens is 1. The topological polar surface area (TPSA) is 69.3 Å². The highest BCUT2D eigenvalue weighted by molar-refractivity contribution is 5.90. The number of hydrogen-bond acceptors (Lipinski definition) is 5. The lowest BCUT2D eigenvalue weighted by atomic mass is 9.90. The zero-order valence-electron chi connectivity index (χ0n) is 12.9. The first-order valence-corrected chi connectivity index (χ1v) is 8.22.